The van der Waals surface area contributed by atoms with Crippen LogP contribution in [0.4, 0.5) is 15.8 Å². The summed E-state index contributed by atoms with van der Waals surface area (Å²) < 4.78 is 15.1. The van der Waals surface area contributed by atoms with Crippen LogP contribution in [0.3, 0.4) is 0 Å². The van der Waals surface area contributed by atoms with Gasteiger partial charge in [-0.05, 0) is 55.3 Å². The van der Waals surface area contributed by atoms with E-state index < -0.39 is 22.9 Å². The van der Waals surface area contributed by atoms with E-state index in [0.717, 1.165) is 32.0 Å². The smallest absolute Gasteiger partial charge is 0.333 e. The van der Waals surface area contributed by atoms with Crippen LogP contribution in [0.15, 0.2) is 57.0 Å². The van der Waals surface area contributed by atoms with E-state index in [9.17, 15) is 23.9 Å². The zero-order valence-corrected chi connectivity index (χ0v) is 19.4. The molecular formula is C23H23FN4O4S. The first kappa shape index (κ1) is 24.0. The molecule has 0 saturated heterocycles. The number of anilines is 1. The second kappa shape index (κ2) is 9.86. The predicted octanol–water partition coefficient (Wildman–Crippen LogP) is 3.00. The van der Waals surface area contributed by atoms with Crippen LogP contribution in [0.5, 0.6) is 5.88 Å². The number of aromatic nitrogens is 2. The molecule has 0 fully saturated rings. The average Bonchev–Trinajstić information content (AvgIpc) is 2.78. The number of carbonyl (C=O) groups is 1. The lowest BCUT2D eigenvalue weighted by atomic mass is 10.1. The monoisotopic (exact) mass is 470 g/mol. The molecular weight excluding hydrogens is 447 g/mol. The molecule has 2 aromatic carbocycles. The van der Waals surface area contributed by atoms with E-state index in [1.54, 1.807) is 0 Å². The number of aliphatic imine (C=N–C) groups is 1. The maximum absolute atomic E-state index is 13.3. The van der Waals surface area contributed by atoms with Crippen molar-refractivity contribution in [1.82, 2.24) is 9.13 Å². The summed E-state index contributed by atoms with van der Waals surface area (Å²) in [7, 11) is 2.59. The SMILES string of the molecule is Cc1ccc(C)c(NC(=O)CSC(=Nc2ccc(F)cc2)c2c(O)n(C)c(=O)n(C)c2=O)c1. The standard InChI is InChI=1S/C23H23FN4O4S/c1-13-5-6-14(2)17(11-13)26-18(29)12-33-20(25-16-9-7-15(24)8-10-16)19-21(30)27(3)23(32)28(4)22(19)31/h5-11,30H,12H2,1-4H3,(H,26,29). The van der Waals surface area contributed by atoms with Crippen LogP contribution >= 0.6 is 11.8 Å². The normalized spacial score (nSPS) is 11.5. The second-order valence-corrected chi connectivity index (χ2v) is 8.42. The summed E-state index contributed by atoms with van der Waals surface area (Å²) in [6.07, 6.45) is 0. The van der Waals surface area contributed by atoms with Gasteiger partial charge >= 0.3 is 5.69 Å². The van der Waals surface area contributed by atoms with Crippen molar-refractivity contribution in [2.75, 3.05) is 11.1 Å². The first-order valence-corrected chi connectivity index (χ1v) is 10.9. The van der Waals surface area contributed by atoms with E-state index in [0.29, 0.717) is 11.4 Å². The van der Waals surface area contributed by atoms with E-state index in [1.807, 2.05) is 32.0 Å². The van der Waals surface area contributed by atoms with Crippen LogP contribution in [0.25, 0.3) is 0 Å². The van der Waals surface area contributed by atoms with Crippen molar-refractivity contribution in [3.63, 3.8) is 0 Å². The topological polar surface area (TPSA) is 106 Å². The van der Waals surface area contributed by atoms with E-state index in [1.165, 1.54) is 38.4 Å². The quantitative estimate of drug-likeness (QED) is 0.441. The Labute approximate surface area is 193 Å². The van der Waals surface area contributed by atoms with Gasteiger partial charge in [0.05, 0.1) is 11.4 Å². The van der Waals surface area contributed by atoms with Crippen molar-refractivity contribution in [2.45, 2.75) is 13.8 Å². The Kier molecular flexibility index (Phi) is 7.17. The molecule has 33 heavy (non-hydrogen) atoms. The third-order valence-corrected chi connectivity index (χ3v) is 5.89. The van der Waals surface area contributed by atoms with Crippen molar-refractivity contribution >= 4 is 34.1 Å². The third kappa shape index (κ3) is 5.40. The molecule has 0 unspecified atom stereocenters. The highest BCUT2D eigenvalue weighted by Crippen LogP contribution is 2.24. The van der Waals surface area contributed by atoms with Gasteiger partial charge in [-0.1, -0.05) is 23.9 Å². The molecule has 1 amide bonds. The van der Waals surface area contributed by atoms with Gasteiger partial charge < -0.3 is 10.4 Å². The summed E-state index contributed by atoms with van der Waals surface area (Å²) in [6, 6.07) is 10.9. The number of thioether (sulfide) groups is 1. The van der Waals surface area contributed by atoms with Crippen LogP contribution in [0.1, 0.15) is 16.7 Å². The van der Waals surface area contributed by atoms with Crippen LogP contribution in [0.2, 0.25) is 0 Å². The largest absolute Gasteiger partial charge is 0.494 e. The Morgan fingerprint density at radius 3 is 2.42 bits per heavy atom. The maximum atomic E-state index is 13.3. The number of halogens is 1. The molecule has 0 aliphatic heterocycles. The van der Waals surface area contributed by atoms with E-state index in [2.05, 4.69) is 10.3 Å². The molecule has 172 valence electrons. The lowest BCUT2D eigenvalue weighted by Gasteiger charge is -2.13. The van der Waals surface area contributed by atoms with E-state index in [4.69, 9.17) is 0 Å². The Morgan fingerprint density at radius 2 is 1.76 bits per heavy atom. The molecule has 8 nitrogen and oxygen atoms in total. The molecule has 10 heteroatoms. The summed E-state index contributed by atoms with van der Waals surface area (Å²) in [6.45, 7) is 3.78. The predicted molar refractivity (Wildman–Crippen MR) is 128 cm³/mol. The van der Waals surface area contributed by atoms with Gasteiger partial charge in [-0.25, -0.2) is 14.2 Å². The molecule has 0 aliphatic carbocycles. The molecule has 2 N–H and O–H groups in total. The van der Waals surface area contributed by atoms with Gasteiger partial charge in [0.25, 0.3) is 5.56 Å². The molecule has 0 bridgehead atoms. The van der Waals surface area contributed by atoms with Crippen molar-refractivity contribution in [3.8, 4) is 5.88 Å². The van der Waals surface area contributed by atoms with Crippen LogP contribution in [-0.2, 0) is 18.9 Å². The number of aryl methyl sites for hydroxylation is 2. The Bertz CT molecular complexity index is 1360. The molecule has 1 aromatic heterocycles. The fourth-order valence-electron chi connectivity index (χ4n) is 3.00. The fraction of sp³-hybridized carbons (Fsp3) is 0.217. The molecule has 3 aromatic rings. The van der Waals surface area contributed by atoms with Crippen molar-refractivity contribution in [2.24, 2.45) is 19.1 Å². The second-order valence-electron chi connectivity index (χ2n) is 7.45. The summed E-state index contributed by atoms with van der Waals surface area (Å²) in [5, 5.41) is 13.4. The van der Waals surface area contributed by atoms with E-state index >= 15 is 0 Å². The number of nitrogens with zero attached hydrogens (tertiary/aromatic N) is 3. The highest BCUT2D eigenvalue weighted by Gasteiger charge is 2.22. The van der Waals surface area contributed by atoms with Gasteiger partial charge in [0.1, 0.15) is 16.4 Å². The lowest BCUT2D eigenvalue weighted by molar-refractivity contribution is -0.113. The summed E-state index contributed by atoms with van der Waals surface area (Å²) in [5.74, 6) is -1.51. The number of hydrogen-bond acceptors (Lipinski definition) is 6. The lowest BCUT2D eigenvalue weighted by Crippen LogP contribution is -2.39. The summed E-state index contributed by atoms with van der Waals surface area (Å²) in [5.41, 5.74) is 1.15. The highest BCUT2D eigenvalue weighted by molar-refractivity contribution is 8.15. The molecule has 0 spiro atoms. The minimum absolute atomic E-state index is 0.0198. The number of rotatable bonds is 5. The average molecular weight is 471 g/mol. The van der Waals surface area contributed by atoms with Crippen LogP contribution in [-0.4, -0.2) is 30.9 Å². The van der Waals surface area contributed by atoms with Crippen molar-refractivity contribution in [1.29, 1.82) is 0 Å². The first-order chi connectivity index (χ1) is 15.6. The Balaban J connectivity index is 1.98. The van der Waals surface area contributed by atoms with Crippen LogP contribution < -0.4 is 16.6 Å². The van der Waals surface area contributed by atoms with Crippen molar-refractivity contribution in [3.05, 3.63) is 85.8 Å². The Morgan fingerprint density at radius 1 is 1.09 bits per heavy atom. The minimum Gasteiger partial charge on any atom is -0.494 e. The van der Waals surface area contributed by atoms with Gasteiger partial charge in [-0.15, -0.1) is 0 Å². The highest BCUT2D eigenvalue weighted by atomic mass is 32.2. The van der Waals surface area contributed by atoms with Gasteiger partial charge in [0, 0.05) is 19.8 Å². The van der Waals surface area contributed by atoms with Gasteiger partial charge in [0.15, 0.2) is 0 Å². The number of aromatic hydroxyl groups is 1. The first-order valence-electron chi connectivity index (χ1n) is 9.92. The summed E-state index contributed by atoms with van der Waals surface area (Å²) in [4.78, 5) is 41.9. The van der Waals surface area contributed by atoms with E-state index in [-0.39, 0.29) is 22.3 Å². The zero-order chi connectivity index (χ0) is 24.3. The summed E-state index contributed by atoms with van der Waals surface area (Å²) >= 11 is 0.918. The molecule has 1 heterocycles. The number of amides is 1. The van der Waals surface area contributed by atoms with Gasteiger partial charge in [0.2, 0.25) is 11.8 Å². The van der Waals surface area contributed by atoms with Gasteiger partial charge in [-0.2, -0.15) is 0 Å². The van der Waals surface area contributed by atoms with Gasteiger partial charge in [-0.3, -0.25) is 18.7 Å². The van der Waals surface area contributed by atoms with Crippen molar-refractivity contribution < 1.29 is 14.3 Å². The number of carbonyl (C=O) groups excluding carboxylic acids is 1. The third-order valence-electron chi connectivity index (χ3n) is 4.91. The maximum Gasteiger partial charge on any atom is 0.333 e. The molecule has 3 rings (SSSR count). The molecule has 0 aliphatic rings. The molecule has 0 radical (unpaired) electrons. The Hall–Kier alpha value is -3.66. The van der Waals surface area contributed by atoms with Crippen LogP contribution in [0, 0.1) is 19.7 Å². The molecule has 0 atom stereocenters. The fourth-order valence-corrected chi connectivity index (χ4v) is 3.84. The molecule has 0 saturated carbocycles. The zero-order valence-electron chi connectivity index (χ0n) is 18.5. The minimum atomic E-state index is -0.765. The number of benzene rings is 2. The number of nitrogens with one attached hydrogen (secondary N) is 1. The number of hydrogen-bond donors (Lipinski definition) is 2.